The summed E-state index contributed by atoms with van der Waals surface area (Å²) in [7, 11) is 1.60. The number of ether oxygens (including phenoxy) is 1. The molecular formula is C12H13N3O3. The lowest BCUT2D eigenvalue weighted by atomic mass is 10.2. The smallest absolute Gasteiger partial charge is 0.309 e. The number of benzene rings is 1. The summed E-state index contributed by atoms with van der Waals surface area (Å²) in [5.41, 5.74) is 2.01. The maximum atomic E-state index is 10.7. The van der Waals surface area contributed by atoms with Gasteiger partial charge in [0.2, 0.25) is 0 Å². The van der Waals surface area contributed by atoms with Gasteiger partial charge in [-0.15, -0.1) is 5.10 Å². The molecule has 1 N–H and O–H groups in total. The van der Waals surface area contributed by atoms with Gasteiger partial charge in [0.15, 0.2) is 0 Å². The predicted octanol–water partition coefficient (Wildman–Crippen LogP) is 1.21. The molecule has 1 heterocycles. The maximum Gasteiger partial charge on any atom is 0.309 e. The Kier molecular flexibility index (Phi) is 3.27. The first kappa shape index (κ1) is 12.1. The monoisotopic (exact) mass is 247 g/mol. The Morgan fingerprint density at radius 1 is 1.39 bits per heavy atom. The van der Waals surface area contributed by atoms with E-state index in [1.807, 2.05) is 24.3 Å². The average Bonchev–Trinajstić information content (AvgIpc) is 2.71. The van der Waals surface area contributed by atoms with Crippen LogP contribution in [0.3, 0.4) is 0 Å². The lowest BCUT2D eigenvalue weighted by molar-refractivity contribution is -0.136. The molecule has 2 aromatic rings. The number of rotatable bonds is 4. The molecular weight excluding hydrogens is 234 g/mol. The molecule has 0 unspecified atom stereocenters. The van der Waals surface area contributed by atoms with Crippen LogP contribution < -0.4 is 4.74 Å². The number of carboxylic acids is 1. The van der Waals surface area contributed by atoms with Gasteiger partial charge in [-0.25, -0.2) is 4.68 Å². The molecule has 2 rings (SSSR count). The first-order valence-electron chi connectivity index (χ1n) is 5.39. The van der Waals surface area contributed by atoms with Crippen LogP contribution in [0.4, 0.5) is 0 Å². The number of carboxylic acid groups (broad SMARTS) is 1. The molecule has 1 aromatic carbocycles. The van der Waals surface area contributed by atoms with Gasteiger partial charge in [-0.2, -0.15) is 0 Å². The topological polar surface area (TPSA) is 77.2 Å². The summed E-state index contributed by atoms with van der Waals surface area (Å²) in [6.07, 6.45) is -0.123. The van der Waals surface area contributed by atoms with Crippen molar-refractivity contribution in [2.24, 2.45) is 0 Å². The van der Waals surface area contributed by atoms with Gasteiger partial charge in [-0.3, -0.25) is 4.79 Å². The van der Waals surface area contributed by atoms with E-state index in [9.17, 15) is 4.79 Å². The molecule has 0 aliphatic rings. The largest absolute Gasteiger partial charge is 0.497 e. The quantitative estimate of drug-likeness (QED) is 0.878. The highest BCUT2D eigenvalue weighted by atomic mass is 16.5. The highest BCUT2D eigenvalue weighted by Gasteiger charge is 2.12. The van der Waals surface area contributed by atoms with Crippen molar-refractivity contribution in [3.8, 4) is 11.4 Å². The molecule has 6 heteroatoms. The summed E-state index contributed by atoms with van der Waals surface area (Å²) in [5.74, 6) is -0.165. The minimum absolute atomic E-state index is 0.123. The van der Waals surface area contributed by atoms with Crippen LogP contribution in [0.2, 0.25) is 0 Å². The molecule has 0 amide bonds. The Balaban J connectivity index is 2.32. The van der Waals surface area contributed by atoms with E-state index >= 15 is 0 Å². The van der Waals surface area contributed by atoms with Crippen molar-refractivity contribution in [1.82, 2.24) is 15.0 Å². The van der Waals surface area contributed by atoms with Crippen molar-refractivity contribution in [2.75, 3.05) is 7.11 Å². The van der Waals surface area contributed by atoms with Crippen molar-refractivity contribution in [2.45, 2.75) is 13.3 Å². The van der Waals surface area contributed by atoms with Crippen LogP contribution in [-0.4, -0.2) is 33.2 Å². The third-order valence-electron chi connectivity index (χ3n) is 2.63. The molecule has 0 saturated heterocycles. The van der Waals surface area contributed by atoms with Crippen molar-refractivity contribution in [1.29, 1.82) is 0 Å². The van der Waals surface area contributed by atoms with Gasteiger partial charge in [0.05, 0.1) is 30.6 Å². The number of hydrogen-bond donors (Lipinski definition) is 1. The normalized spacial score (nSPS) is 10.3. The van der Waals surface area contributed by atoms with E-state index < -0.39 is 5.97 Å². The van der Waals surface area contributed by atoms with Gasteiger partial charge < -0.3 is 9.84 Å². The highest BCUT2D eigenvalue weighted by molar-refractivity contribution is 5.69. The van der Waals surface area contributed by atoms with Crippen LogP contribution in [0.1, 0.15) is 11.4 Å². The molecule has 0 radical (unpaired) electrons. The molecule has 94 valence electrons. The van der Waals surface area contributed by atoms with Crippen LogP contribution in [0.15, 0.2) is 24.3 Å². The molecule has 0 aliphatic carbocycles. The fourth-order valence-corrected chi connectivity index (χ4v) is 1.64. The number of nitrogens with zero attached hydrogens (tertiary/aromatic N) is 3. The number of aromatic nitrogens is 3. The van der Waals surface area contributed by atoms with E-state index in [1.165, 1.54) is 0 Å². The Bertz CT molecular complexity index is 560. The standard InChI is InChI=1S/C12H13N3O3/c1-8-11(7-12(16)17)13-14-15(8)9-3-5-10(18-2)6-4-9/h3-6H,7H2,1-2H3,(H,16,17). The summed E-state index contributed by atoms with van der Waals surface area (Å²) >= 11 is 0. The van der Waals surface area contributed by atoms with Gasteiger partial charge in [0.1, 0.15) is 5.75 Å². The molecule has 6 nitrogen and oxygen atoms in total. The zero-order valence-electron chi connectivity index (χ0n) is 10.1. The summed E-state index contributed by atoms with van der Waals surface area (Å²) in [6.45, 7) is 1.79. The first-order chi connectivity index (χ1) is 8.61. The summed E-state index contributed by atoms with van der Waals surface area (Å²) in [5, 5.41) is 16.6. The highest BCUT2D eigenvalue weighted by Crippen LogP contribution is 2.16. The van der Waals surface area contributed by atoms with Gasteiger partial charge in [-0.05, 0) is 31.2 Å². The fraction of sp³-hybridized carbons (Fsp3) is 0.250. The second kappa shape index (κ2) is 4.87. The second-order valence-corrected chi connectivity index (χ2v) is 3.80. The van der Waals surface area contributed by atoms with E-state index in [4.69, 9.17) is 9.84 Å². The molecule has 18 heavy (non-hydrogen) atoms. The lowest BCUT2D eigenvalue weighted by Crippen LogP contribution is -2.03. The molecule has 0 spiro atoms. The van der Waals surface area contributed by atoms with Gasteiger partial charge in [-0.1, -0.05) is 5.21 Å². The van der Waals surface area contributed by atoms with Crippen LogP contribution in [0, 0.1) is 6.92 Å². The van der Waals surface area contributed by atoms with Crippen molar-refractivity contribution >= 4 is 5.97 Å². The van der Waals surface area contributed by atoms with Crippen LogP contribution in [-0.2, 0) is 11.2 Å². The number of methoxy groups -OCH3 is 1. The number of aliphatic carboxylic acids is 1. The zero-order valence-corrected chi connectivity index (χ0v) is 10.1. The molecule has 1 aromatic heterocycles. The van der Waals surface area contributed by atoms with Crippen LogP contribution in [0.5, 0.6) is 5.75 Å². The van der Waals surface area contributed by atoms with Crippen molar-refractivity contribution < 1.29 is 14.6 Å². The van der Waals surface area contributed by atoms with Crippen molar-refractivity contribution in [3.05, 3.63) is 35.7 Å². The predicted molar refractivity (Wildman–Crippen MR) is 64.0 cm³/mol. The third kappa shape index (κ3) is 2.32. The Labute approximate surface area is 104 Å². The minimum Gasteiger partial charge on any atom is -0.497 e. The van der Waals surface area contributed by atoms with E-state index in [2.05, 4.69) is 10.3 Å². The zero-order chi connectivity index (χ0) is 13.1. The summed E-state index contributed by atoms with van der Waals surface area (Å²) < 4.78 is 6.68. The second-order valence-electron chi connectivity index (χ2n) is 3.80. The molecule has 0 atom stereocenters. The van der Waals surface area contributed by atoms with E-state index in [1.54, 1.807) is 18.7 Å². The Morgan fingerprint density at radius 2 is 2.06 bits per heavy atom. The Morgan fingerprint density at radius 3 is 2.61 bits per heavy atom. The fourth-order valence-electron chi connectivity index (χ4n) is 1.64. The molecule has 0 saturated carbocycles. The van der Waals surface area contributed by atoms with E-state index in [0.717, 1.165) is 17.1 Å². The average molecular weight is 247 g/mol. The van der Waals surface area contributed by atoms with Gasteiger partial charge in [0.25, 0.3) is 0 Å². The molecule has 0 bridgehead atoms. The maximum absolute atomic E-state index is 10.7. The SMILES string of the molecule is COc1ccc(-n2nnc(CC(=O)O)c2C)cc1. The molecule has 0 fully saturated rings. The summed E-state index contributed by atoms with van der Waals surface area (Å²) in [6, 6.07) is 7.30. The van der Waals surface area contributed by atoms with Crippen LogP contribution in [0.25, 0.3) is 5.69 Å². The first-order valence-corrected chi connectivity index (χ1v) is 5.39. The third-order valence-corrected chi connectivity index (χ3v) is 2.63. The number of hydrogen-bond acceptors (Lipinski definition) is 4. The van der Waals surface area contributed by atoms with Gasteiger partial charge in [0, 0.05) is 0 Å². The van der Waals surface area contributed by atoms with Gasteiger partial charge >= 0.3 is 5.97 Å². The molecule has 0 aliphatic heterocycles. The van der Waals surface area contributed by atoms with Crippen LogP contribution >= 0.6 is 0 Å². The summed E-state index contributed by atoms with van der Waals surface area (Å²) in [4.78, 5) is 10.7. The van der Waals surface area contributed by atoms with E-state index in [-0.39, 0.29) is 6.42 Å². The minimum atomic E-state index is -0.917. The lowest BCUT2D eigenvalue weighted by Gasteiger charge is -2.04. The van der Waals surface area contributed by atoms with E-state index in [0.29, 0.717) is 5.69 Å². The Hall–Kier alpha value is -2.37. The number of carbonyl (C=O) groups is 1. The van der Waals surface area contributed by atoms with Crippen molar-refractivity contribution in [3.63, 3.8) is 0 Å².